The van der Waals surface area contributed by atoms with Crippen molar-refractivity contribution >= 4 is 5.91 Å². The van der Waals surface area contributed by atoms with Crippen molar-refractivity contribution in [1.29, 1.82) is 0 Å². The molecule has 0 bridgehead atoms. The third kappa shape index (κ3) is 4.31. The van der Waals surface area contributed by atoms with Gasteiger partial charge in [-0.1, -0.05) is 13.8 Å². The number of fused-ring (bicyclic) bond motifs is 1. The van der Waals surface area contributed by atoms with Crippen molar-refractivity contribution in [3.63, 3.8) is 0 Å². The zero-order chi connectivity index (χ0) is 19.6. The van der Waals surface area contributed by atoms with E-state index in [-0.39, 0.29) is 17.9 Å². The lowest BCUT2D eigenvalue weighted by molar-refractivity contribution is -0.138. The van der Waals surface area contributed by atoms with E-state index in [0.717, 1.165) is 38.0 Å². The summed E-state index contributed by atoms with van der Waals surface area (Å²) in [7, 11) is 0. The first-order valence-corrected chi connectivity index (χ1v) is 10.6. The van der Waals surface area contributed by atoms with Crippen LogP contribution in [-0.2, 0) is 17.6 Å². The average molecular weight is 374 g/mol. The van der Waals surface area contributed by atoms with Crippen LogP contribution in [0.3, 0.4) is 0 Å². The van der Waals surface area contributed by atoms with Crippen LogP contribution in [-0.4, -0.2) is 41.7 Å². The highest BCUT2D eigenvalue weighted by Crippen LogP contribution is 2.38. The molecule has 150 valence electrons. The molecule has 2 atom stereocenters. The van der Waals surface area contributed by atoms with Gasteiger partial charge in [0.1, 0.15) is 5.75 Å². The standard InChI is InChI=1S/C23H35NO3/c1-5-12-27-22-13-15(2)20-7-6-18(14-21(20)17(22)4)16(3)23(26)24-10-8-19(25)9-11-24/h13,16,18-19,25H,5-12,14H2,1-4H3. The quantitative estimate of drug-likeness (QED) is 0.854. The smallest absolute Gasteiger partial charge is 0.225 e. The maximum absolute atomic E-state index is 13.0. The molecule has 0 radical (unpaired) electrons. The Kier molecular flexibility index (Phi) is 6.46. The SMILES string of the molecule is CCCOc1cc(C)c2c(c1C)CC(C(C)C(=O)N1CCC(O)CC1)CC2. The summed E-state index contributed by atoms with van der Waals surface area (Å²) < 4.78 is 5.98. The predicted molar refractivity (Wildman–Crippen MR) is 108 cm³/mol. The van der Waals surface area contributed by atoms with Crippen LogP contribution in [0.5, 0.6) is 5.75 Å². The molecule has 1 aliphatic heterocycles. The summed E-state index contributed by atoms with van der Waals surface area (Å²) in [4.78, 5) is 15.0. The molecule has 1 aromatic carbocycles. The van der Waals surface area contributed by atoms with Gasteiger partial charge in [-0.3, -0.25) is 4.79 Å². The van der Waals surface area contributed by atoms with E-state index in [1.165, 1.54) is 22.3 Å². The molecule has 2 aliphatic rings. The van der Waals surface area contributed by atoms with Crippen LogP contribution in [0.4, 0.5) is 0 Å². The molecule has 1 saturated heterocycles. The zero-order valence-corrected chi connectivity index (χ0v) is 17.4. The number of hydrogen-bond donors (Lipinski definition) is 1. The summed E-state index contributed by atoms with van der Waals surface area (Å²) >= 11 is 0. The van der Waals surface area contributed by atoms with Gasteiger partial charge in [0.25, 0.3) is 0 Å². The van der Waals surface area contributed by atoms with Gasteiger partial charge in [-0.15, -0.1) is 0 Å². The van der Waals surface area contributed by atoms with E-state index in [4.69, 9.17) is 4.74 Å². The summed E-state index contributed by atoms with van der Waals surface area (Å²) in [6.45, 7) is 10.7. The van der Waals surface area contributed by atoms with Crippen LogP contribution < -0.4 is 4.74 Å². The molecular weight excluding hydrogens is 338 g/mol. The summed E-state index contributed by atoms with van der Waals surface area (Å²) in [6.07, 6.45) is 5.29. The van der Waals surface area contributed by atoms with Gasteiger partial charge in [-0.2, -0.15) is 0 Å². The van der Waals surface area contributed by atoms with Crippen molar-refractivity contribution in [3.8, 4) is 5.75 Å². The second-order valence-electron chi connectivity index (χ2n) is 8.47. The molecule has 0 spiro atoms. The maximum Gasteiger partial charge on any atom is 0.225 e. The second-order valence-corrected chi connectivity index (χ2v) is 8.47. The summed E-state index contributed by atoms with van der Waals surface area (Å²) in [5.74, 6) is 1.70. The van der Waals surface area contributed by atoms with Gasteiger partial charge < -0.3 is 14.7 Å². The Labute approximate surface area is 163 Å². The fraction of sp³-hybridized carbons (Fsp3) is 0.696. The number of piperidine rings is 1. The number of nitrogens with zero attached hydrogens (tertiary/aromatic N) is 1. The lowest BCUT2D eigenvalue weighted by atomic mass is 9.74. The number of benzene rings is 1. The Bertz CT molecular complexity index is 677. The molecule has 1 heterocycles. The van der Waals surface area contributed by atoms with Crippen LogP contribution in [0, 0.1) is 25.7 Å². The molecule has 1 aliphatic carbocycles. The van der Waals surface area contributed by atoms with Gasteiger partial charge in [-0.25, -0.2) is 0 Å². The van der Waals surface area contributed by atoms with Crippen LogP contribution in [0.25, 0.3) is 0 Å². The van der Waals surface area contributed by atoms with Crippen LogP contribution in [0.2, 0.25) is 0 Å². The molecule has 27 heavy (non-hydrogen) atoms. The van der Waals surface area contributed by atoms with E-state index >= 15 is 0 Å². The first kappa shape index (κ1) is 20.2. The molecular formula is C23H35NO3. The molecule has 4 heteroatoms. The first-order chi connectivity index (χ1) is 12.9. The topological polar surface area (TPSA) is 49.8 Å². The highest BCUT2D eigenvalue weighted by atomic mass is 16.5. The lowest BCUT2D eigenvalue weighted by Crippen LogP contribution is -2.44. The fourth-order valence-corrected chi connectivity index (χ4v) is 4.69. The number of ether oxygens (including phenoxy) is 1. The molecule has 2 unspecified atom stereocenters. The van der Waals surface area contributed by atoms with Crippen LogP contribution >= 0.6 is 0 Å². The number of carbonyl (C=O) groups excluding carboxylic acids is 1. The van der Waals surface area contributed by atoms with Crippen molar-refractivity contribution in [2.24, 2.45) is 11.8 Å². The number of carbonyl (C=O) groups is 1. The Morgan fingerprint density at radius 2 is 1.96 bits per heavy atom. The molecule has 1 aromatic rings. The molecule has 0 saturated carbocycles. The van der Waals surface area contributed by atoms with Crippen molar-refractivity contribution in [3.05, 3.63) is 28.3 Å². The fourth-order valence-electron chi connectivity index (χ4n) is 4.69. The van der Waals surface area contributed by atoms with Crippen molar-refractivity contribution in [2.45, 2.75) is 72.3 Å². The van der Waals surface area contributed by atoms with Gasteiger partial charge in [0.2, 0.25) is 5.91 Å². The van der Waals surface area contributed by atoms with Crippen molar-refractivity contribution < 1.29 is 14.6 Å². The largest absolute Gasteiger partial charge is 0.493 e. The molecule has 1 fully saturated rings. The molecule has 1 amide bonds. The van der Waals surface area contributed by atoms with E-state index in [2.05, 4.69) is 33.8 Å². The molecule has 0 aromatic heterocycles. The number of hydrogen-bond acceptors (Lipinski definition) is 3. The number of aliphatic hydroxyl groups is 1. The monoisotopic (exact) mass is 373 g/mol. The van der Waals surface area contributed by atoms with Crippen molar-refractivity contribution in [2.75, 3.05) is 19.7 Å². The van der Waals surface area contributed by atoms with Crippen LogP contribution in [0.1, 0.15) is 61.8 Å². The highest BCUT2D eigenvalue weighted by molar-refractivity contribution is 5.79. The van der Waals surface area contributed by atoms with E-state index in [1.807, 2.05) is 4.90 Å². The minimum absolute atomic E-state index is 0.0355. The van der Waals surface area contributed by atoms with Gasteiger partial charge in [0.05, 0.1) is 12.7 Å². The van der Waals surface area contributed by atoms with Gasteiger partial charge in [-0.05, 0) is 86.6 Å². The lowest BCUT2D eigenvalue weighted by Gasteiger charge is -2.36. The Morgan fingerprint density at radius 3 is 2.63 bits per heavy atom. The van der Waals surface area contributed by atoms with Gasteiger partial charge >= 0.3 is 0 Å². The minimum Gasteiger partial charge on any atom is -0.493 e. The molecule has 3 rings (SSSR count). The van der Waals surface area contributed by atoms with E-state index in [9.17, 15) is 9.90 Å². The van der Waals surface area contributed by atoms with Crippen molar-refractivity contribution in [1.82, 2.24) is 4.90 Å². The Hall–Kier alpha value is -1.55. The number of amides is 1. The maximum atomic E-state index is 13.0. The van der Waals surface area contributed by atoms with E-state index in [1.54, 1.807) is 0 Å². The third-order valence-corrected chi connectivity index (χ3v) is 6.58. The zero-order valence-electron chi connectivity index (χ0n) is 17.4. The number of likely N-dealkylation sites (tertiary alicyclic amines) is 1. The van der Waals surface area contributed by atoms with Crippen LogP contribution in [0.15, 0.2) is 6.07 Å². The van der Waals surface area contributed by atoms with E-state index < -0.39 is 0 Å². The average Bonchev–Trinajstić information content (AvgIpc) is 2.68. The summed E-state index contributed by atoms with van der Waals surface area (Å²) in [5, 5.41) is 9.70. The Morgan fingerprint density at radius 1 is 1.26 bits per heavy atom. The summed E-state index contributed by atoms with van der Waals surface area (Å²) in [6, 6.07) is 2.19. The molecule has 4 nitrogen and oxygen atoms in total. The normalized spacial score (nSPS) is 21.7. The minimum atomic E-state index is -0.238. The predicted octanol–water partition coefficient (Wildman–Crippen LogP) is 3.82. The third-order valence-electron chi connectivity index (χ3n) is 6.58. The number of aliphatic hydroxyl groups excluding tert-OH is 1. The van der Waals surface area contributed by atoms with E-state index in [0.29, 0.717) is 31.8 Å². The molecule has 1 N–H and O–H groups in total. The number of aryl methyl sites for hydroxylation is 1. The number of rotatable bonds is 5. The second kappa shape index (κ2) is 8.64. The van der Waals surface area contributed by atoms with Gasteiger partial charge in [0.15, 0.2) is 0 Å². The Balaban J connectivity index is 1.74. The first-order valence-electron chi connectivity index (χ1n) is 10.6. The summed E-state index contributed by atoms with van der Waals surface area (Å²) in [5.41, 5.74) is 5.46. The highest BCUT2D eigenvalue weighted by Gasteiger charge is 2.33. The van der Waals surface area contributed by atoms with Gasteiger partial charge in [0, 0.05) is 19.0 Å².